The van der Waals surface area contributed by atoms with Gasteiger partial charge in [-0.15, -0.1) is 10.2 Å². The maximum atomic E-state index is 10.8. The summed E-state index contributed by atoms with van der Waals surface area (Å²) in [6.45, 7) is 0. The highest BCUT2D eigenvalue weighted by Gasteiger charge is 2.14. The van der Waals surface area contributed by atoms with Gasteiger partial charge in [-0.3, -0.25) is 10.1 Å². The van der Waals surface area contributed by atoms with Crippen molar-refractivity contribution in [2.45, 2.75) is 16.5 Å². The Bertz CT molecular complexity index is 1140. The van der Waals surface area contributed by atoms with Gasteiger partial charge in [0.25, 0.3) is 10.9 Å². The van der Waals surface area contributed by atoms with Crippen molar-refractivity contribution in [3.8, 4) is 0 Å². The van der Waals surface area contributed by atoms with E-state index in [1.807, 2.05) is 24.3 Å². The number of hydrogen-bond donors (Lipinski definition) is 0. The fourth-order valence-electron chi connectivity index (χ4n) is 2.74. The van der Waals surface area contributed by atoms with E-state index < -0.39 is 4.92 Å². The average molecular weight is 398 g/mol. The van der Waals surface area contributed by atoms with Gasteiger partial charge in [0, 0.05) is 17.0 Å². The highest BCUT2D eigenvalue weighted by molar-refractivity contribution is 7.99. The smallest absolute Gasteiger partial charge is 0.281 e. The molecule has 134 valence electrons. The van der Waals surface area contributed by atoms with Crippen LogP contribution in [0, 0.1) is 10.1 Å². The van der Waals surface area contributed by atoms with Gasteiger partial charge in [-0.05, 0) is 34.2 Å². The molecule has 0 bridgehead atoms. The number of nitro groups is 1. The quantitative estimate of drug-likeness (QED) is 0.325. The Morgan fingerprint density at radius 1 is 1.07 bits per heavy atom. The summed E-state index contributed by atoms with van der Waals surface area (Å²) in [5, 5.41) is 21.8. The van der Waals surface area contributed by atoms with E-state index in [0.29, 0.717) is 22.4 Å². The molecule has 6 nitrogen and oxygen atoms in total. The van der Waals surface area contributed by atoms with Gasteiger partial charge >= 0.3 is 0 Å². The lowest BCUT2D eigenvalue weighted by atomic mass is 10.0. The lowest BCUT2D eigenvalue weighted by Gasteiger charge is -2.03. The van der Waals surface area contributed by atoms with Crippen LogP contribution in [-0.4, -0.2) is 15.1 Å². The van der Waals surface area contributed by atoms with E-state index in [2.05, 4.69) is 28.4 Å². The van der Waals surface area contributed by atoms with E-state index in [1.54, 1.807) is 6.07 Å². The van der Waals surface area contributed by atoms with Crippen LogP contribution in [0.3, 0.4) is 0 Å². The third-order valence-electron chi connectivity index (χ3n) is 3.99. The maximum Gasteiger partial charge on any atom is 0.281 e. The molecule has 0 saturated heterocycles. The Kier molecular flexibility index (Phi) is 4.79. The summed E-state index contributed by atoms with van der Waals surface area (Å²) < 4.78 is 5.72. The molecule has 0 amide bonds. The molecule has 3 aromatic carbocycles. The molecule has 0 aliphatic carbocycles. The van der Waals surface area contributed by atoms with Crippen molar-refractivity contribution in [2.24, 2.45) is 0 Å². The number of hydrogen-bond acceptors (Lipinski definition) is 6. The maximum absolute atomic E-state index is 10.8. The summed E-state index contributed by atoms with van der Waals surface area (Å²) in [5.74, 6) is 0.492. The van der Waals surface area contributed by atoms with Crippen LogP contribution in [0.5, 0.6) is 0 Å². The van der Waals surface area contributed by atoms with E-state index in [-0.39, 0.29) is 10.7 Å². The number of nitro benzene ring substituents is 1. The molecule has 0 fully saturated rings. The molecular weight excluding hydrogens is 386 g/mol. The van der Waals surface area contributed by atoms with Crippen LogP contribution in [0.1, 0.15) is 11.5 Å². The fourth-order valence-corrected chi connectivity index (χ4v) is 3.73. The van der Waals surface area contributed by atoms with Gasteiger partial charge < -0.3 is 4.42 Å². The Morgan fingerprint density at radius 2 is 1.89 bits per heavy atom. The molecule has 4 aromatic rings. The van der Waals surface area contributed by atoms with Crippen LogP contribution in [0.4, 0.5) is 5.69 Å². The SMILES string of the molecule is O=[N+]([O-])c1ccc(Sc2nnc(Cc3cccc4ccccc34)o2)c(Cl)c1. The average Bonchev–Trinajstić information content (AvgIpc) is 3.10. The number of halogens is 1. The topological polar surface area (TPSA) is 82.1 Å². The lowest BCUT2D eigenvalue weighted by Crippen LogP contribution is -1.90. The normalized spacial score (nSPS) is 11.0. The zero-order valence-electron chi connectivity index (χ0n) is 13.8. The molecule has 8 heteroatoms. The lowest BCUT2D eigenvalue weighted by molar-refractivity contribution is -0.384. The van der Waals surface area contributed by atoms with Crippen LogP contribution in [0.15, 0.2) is 75.2 Å². The largest absolute Gasteiger partial charge is 0.415 e. The molecule has 0 spiro atoms. The van der Waals surface area contributed by atoms with Crippen LogP contribution >= 0.6 is 23.4 Å². The molecule has 1 aromatic heterocycles. The molecule has 1 heterocycles. The molecule has 0 radical (unpaired) electrons. The molecule has 4 rings (SSSR count). The van der Waals surface area contributed by atoms with E-state index >= 15 is 0 Å². The number of fused-ring (bicyclic) bond motifs is 1. The molecule has 27 heavy (non-hydrogen) atoms. The van der Waals surface area contributed by atoms with Crippen LogP contribution in [0.25, 0.3) is 10.8 Å². The molecule has 0 atom stereocenters. The Hall–Kier alpha value is -2.90. The highest BCUT2D eigenvalue weighted by atomic mass is 35.5. The first kappa shape index (κ1) is 17.5. The predicted octanol–water partition coefficient (Wildman–Crippen LogP) is 5.53. The van der Waals surface area contributed by atoms with Gasteiger partial charge in [-0.25, -0.2) is 0 Å². The minimum atomic E-state index is -0.491. The second-order valence-electron chi connectivity index (χ2n) is 5.75. The Morgan fingerprint density at radius 3 is 2.70 bits per heavy atom. The van der Waals surface area contributed by atoms with Crippen molar-refractivity contribution in [1.29, 1.82) is 0 Å². The molecule has 0 saturated carbocycles. The standard InChI is InChI=1S/C19H12ClN3O3S/c20-16-11-14(23(24)25)8-9-17(16)27-19-22-21-18(26-19)10-13-6-3-5-12-4-1-2-7-15(12)13/h1-9,11H,10H2. The summed E-state index contributed by atoms with van der Waals surface area (Å²) in [7, 11) is 0. The summed E-state index contributed by atoms with van der Waals surface area (Å²) in [4.78, 5) is 10.9. The van der Waals surface area contributed by atoms with Crippen molar-refractivity contribution in [3.05, 3.63) is 87.3 Å². The monoisotopic (exact) mass is 397 g/mol. The molecule has 0 N–H and O–H groups in total. The van der Waals surface area contributed by atoms with E-state index in [0.717, 1.165) is 16.3 Å². The van der Waals surface area contributed by atoms with Crippen molar-refractivity contribution < 1.29 is 9.34 Å². The third-order valence-corrected chi connectivity index (χ3v) is 5.33. The predicted molar refractivity (Wildman–Crippen MR) is 103 cm³/mol. The van der Waals surface area contributed by atoms with Gasteiger partial charge in [-0.1, -0.05) is 54.1 Å². The van der Waals surface area contributed by atoms with Gasteiger partial charge in [0.1, 0.15) is 0 Å². The van der Waals surface area contributed by atoms with Crippen molar-refractivity contribution in [3.63, 3.8) is 0 Å². The second kappa shape index (κ2) is 7.38. The summed E-state index contributed by atoms with van der Waals surface area (Å²) in [5.41, 5.74) is 1.04. The fraction of sp³-hybridized carbons (Fsp3) is 0.0526. The van der Waals surface area contributed by atoms with Gasteiger partial charge in [0.2, 0.25) is 5.89 Å². The van der Waals surface area contributed by atoms with Gasteiger partial charge in [0.05, 0.1) is 16.4 Å². The van der Waals surface area contributed by atoms with Crippen LogP contribution < -0.4 is 0 Å². The van der Waals surface area contributed by atoms with E-state index in [4.69, 9.17) is 16.0 Å². The number of nitrogens with zero attached hydrogens (tertiary/aromatic N) is 3. The number of benzene rings is 3. The zero-order valence-corrected chi connectivity index (χ0v) is 15.4. The van der Waals surface area contributed by atoms with E-state index in [9.17, 15) is 10.1 Å². The minimum Gasteiger partial charge on any atom is -0.415 e. The summed E-state index contributed by atoms with van der Waals surface area (Å²) in [6.07, 6.45) is 0.517. The first-order valence-corrected chi connectivity index (χ1v) is 9.20. The summed E-state index contributed by atoms with van der Waals surface area (Å²) >= 11 is 7.28. The van der Waals surface area contributed by atoms with Crippen molar-refractivity contribution in [2.75, 3.05) is 0 Å². The van der Waals surface area contributed by atoms with Crippen molar-refractivity contribution in [1.82, 2.24) is 10.2 Å². The third kappa shape index (κ3) is 3.79. The van der Waals surface area contributed by atoms with Crippen LogP contribution in [0.2, 0.25) is 5.02 Å². The molecule has 0 aliphatic heterocycles. The number of non-ortho nitro benzene ring substituents is 1. The highest BCUT2D eigenvalue weighted by Crippen LogP contribution is 2.35. The molecular formula is C19H12ClN3O3S. The zero-order chi connectivity index (χ0) is 18.8. The van der Waals surface area contributed by atoms with Gasteiger partial charge in [0.15, 0.2) is 0 Å². The number of aromatic nitrogens is 2. The first-order valence-electron chi connectivity index (χ1n) is 8.01. The first-order chi connectivity index (χ1) is 13.1. The van der Waals surface area contributed by atoms with Crippen LogP contribution in [-0.2, 0) is 6.42 Å². The molecule has 0 aliphatic rings. The summed E-state index contributed by atoms with van der Waals surface area (Å²) in [6, 6.07) is 18.5. The number of rotatable bonds is 5. The Balaban J connectivity index is 1.54. The Labute approximate surface area is 163 Å². The minimum absolute atomic E-state index is 0.0634. The second-order valence-corrected chi connectivity index (χ2v) is 7.15. The molecule has 0 unspecified atom stereocenters. The van der Waals surface area contributed by atoms with Crippen molar-refractivity contribution >= 4 is 39.8 Å². The van der Waals surface area contributed by atoms with Gasteiger partial charge in [-0.2, -0.15) is 0 Å². The van der Waals surface area contributed by atoms with E-state index in [1.165, 1.54) is 23.9 Å².